The van der Waals surface area contributed by atoms with E-state index in [4.69, 9.17) is 4.52 Å². The largest absolute Gasteiger partial charge is 0.344 e. The van der Waals surface area contributed by atoms with Crippen molar-refractivity contribution < 1.29 is 14.2 Å². The Morgan fingerprint density at radius 3 is 2.62 bits per heavy atom. The monoisotopic (exact) mass is 358 g/mol. The summed E-state index contributed by atoms with van der Waals surface area (Å²) in [6.07, 6.45) is 3.80. The molecule has 0 aliphatic heterocycles. The third-order valence-electron chi connectivity index (χ3n) is 5.03. The molecule has 1 aromatic carbocycles. The number of amides is 1. The van der Waals surface area contributed by atoms with Gasteiger partial charge in [0.05, 0.1) is 4.92 Å². The van der Waals surface area contributed by atoms with E-state index in [2.05, 4.69) is 15.5 Å². The Balaban J connectivity index is 1.79. The molecule has 2 unspecified atom stereocenters. The summed E-state index contributed by atoms with van der Waals surface area (Å²) in [4.78, 5) is 27.1. The maximum Gasteiger partial charge on any atom is 0.269 e. The summed E-state index contributed by atoms with van der Waals surface area (Å²) < 4.78 is 5.40. The van der Waals surface area contributed by atoms with Crippen molar-refractivity contribution in [2.75, 3.05) is 0 Å². The Morgan fingerprint density at radius 2 is 2.08 bits per heavy atom. The van der Waals surface area contributed by atoms with E-state index in [0.717, 1.165) is 25.7 Å². The number of hydrogen-bond donors (Lipinski definition) is 1. The van der Waals surface area contributed by atoms with Crippen LogP contribution in [0.4, 0.5) is 5.69 Å². The molecule has 1 N–H and O–H groups in total. The molecule has 2 atom stereocenters. The van der Waals surface area contributed by atoms with Gasteiger partial charge in [0, 0.05) is 23.6 Å². The summed E-state index contributed by atoms with van der Waals surface area (Å²) in [6, 6.07) is 5.62. The number of carbonyl (C=O) groups excluding carboxylic acids is 1. The molecule has 0 bridgehead atoms. The van der Waals surface area contributed by atoms with E-state index in [1.807, 2.05) is 13.8 Å². The van der Waals surface area contributed by atoms with E-state index < -0.39 is 4.92 Å². The SMILES string of the molecule is CCC(C)C(NC(=O)C1CCC1)c1nc(-c2ccc([N+](=O)[O-])cc2)no1. The minimum Gasteiger partial charge on any atom is -0.344 e. The molecule has 0 radical (unpaired) electrons. The van der Waals surface area contributed by atoms with Crippen LogP contribution in [0.15, 0.2) is 28.8 Å². The summed E-state index contributed by atoms with van der Waals surface area (Å²) >= 11 is 0. The number of aromatic nitrogens is 2. The summed E-state index contributed by atoms with van der Waals surface area (Å²) in [5, 5.41) is 17.8. The van der Waals surface area contributed by atoms with E-state index >= 15 is 0 Å². The second kappa shape index (κ2) is 7.63. The van der Waals surface area contributed by atoms with Crippen molar-refractivity contribution >= 4 is 11.6 Å². The number of carbonyl (C=O) groups is 1. The van der Waals surface area contributed by atoms with Gasteiger partial charge in [0.25, 0.3) is 5.69 Å². The molecule has 1 saturated carbocycles. The van der Waals surface area contributed by atoms with Crippen molar-refractivity contribution in [2.24, 2.45) is 11.8 Å². The van der Waals surface area contributed by atoms with Crippen LogP contribution in [0.1, 0.15) is 51.5 Å². The highest BCUT2D eigenvalue weighted by Gasteiger charge is 2.31. The predicted molar refractivity (Wildman–Crippen MR) is 94.1 cm³/mol. The van der Waals surface area contributed by atoms with Crippen LogP contribution in [-0.2, 0) is 4.79 Å². The number of nitro groups is 1. The van der Waals surface area contributed by atoms with E-state index in [1.54, 1.807) is 12.1 Å². The van der Waals surface area contributed by atoms with Crippen molar-refractivity contribution in [3.8, 4) is 11.4 Å². The lowest BCUT2D eigenvalue weighted by Gasteiger charge is -2.28. The van der Waals surface area contributed by atoms with E-state index in [1.165, 1.54) is 12.1 Å². The first-order chi connectivity index (χ1) is 12.5. The van der Waals surface area contributed by atoms with Gasteiger partial charge in [-0.3, -0.25) is 14.9 Å². The molecule has 1 aromatic heterocycles. The van der Waals surface area contributed by atoms with Crippen LogP contribution in [0.3, 0.4) is 0 Å². The van der Waals surface area contributed by atoms with Crippen LogP contribution in [0, 0.1) is 22.0 Å². The fourth-order valence-corrected chi connectivity index (χ4v) is 2.84. The first-order valence-corrected chi connectivity index (χ1v) is 8.88. The molecule has 26 heavy (non-hydrogen) atoms. The van der Waals surface area contributed by atoms with Crippen LogP contribution in [0.25, 0.3) is 11.4 Å². The summed E-state index contributed by atoms with van der Waals surface area (Å²) in [5.41, 5.74) is 0.626. The smallest absolute Gasteiger partial charge is 0.269 e. The van der Waals surface area contributed by atoms with Gasteiger partial charge in [-0.1, -0.05) is 31.8 Å². The minimum absolute atomic E-state index is 0.00251. The number of benzene rings is 1. The molecule has 3 rings (SSSR count). The summed E-state index contributed by atoms with van der Waals surface area (Å²) in [6.45, 7) is 4.07. The molecule has 1 amide bonds. The Hall–Kier alpha value is -2.77. The highest BCUT2D eigenvalue weighted by molar-refractivity contribution is 5.79. The molecule has 0 saturated heterocycles. The molecule has 0 spiro atoms. The van der Waals surface area contributed by atoms with Crippen molar-refractivity contribution in [2.45, 2.75) is 45.6 Å². The zero-order valence-corrected chi connectivity index (χ0v) is 14.8. The Bertz CT molecular complexity index is 783. The quantitative estimate of drug-likeness (QED) is 0.597. The lowest BCUT2D eigenvalue weighted by atomic mass is 9.84. The molecular formula is C18H22N4O4. The van der Waals surface area contributed by atoms with Gasteiger partial charge in [0.15, 0.2) is 0 Å². The van der Waals surface area contributed by atoms with Gasteiger partial charge in [-0.15, -0.1) is 0 Å². The standard InChI is InChI=1S/C18H22N4O4/c1-3-11(2)15(19-17(23)13-5-4-6-13)18-20-16(21-26-18)12-7-9-14(10-8-12)22(24)25/h7-11,13,15H,3-6H2,1-2H3,(H,19,23). The first-order valence-electron chi connectivity index (χ1n) is 8.88. The van der Waals surface area contributed by atoms with E-state index in [0.29, 0.717) is 17.3 Å². The van der Waals surface area contributed by atoms with Gasteiger partial charge >= 0.3 is 0 Å². The summed E-state index contributed by atoms with van der Waals surface area (Å²) in [7, 11) is 0. The average molecular weight is 358 g/mol. The van der Waals surface area contributed by atoms with Crippen molar-refractivity contribution in [1.29, 1.82) is 0 Å². The van der Waals surface area contributed by atoms with Gasteiger partial charge in [0.2, 0.25) is 17.6 Å². The molecular weight excluding hydrogens is 336 g/mol. The second-order valence-corrected chi connectivity index (χ2v) is 6.76. The second-order valence-electron chi connectivity index (χ2n) is 6.76. The average Bonchev–Trinajstić information content (AvgIpc) is 3.07. The lowest BCUT2D eigenvalue weighted by molar-refractivity contribution is -0.384. The van der Waals surface area contributed by atoms with Crippen LogP contribution in [-0.4, -0.2) is 21.0 Å². The molecule has 2 aromatic rings. The zero-order chi connectivity index (χ0) is 18.7. The molecule has 1 heterocycles. The molecule has 8 nitrogen and oxygen atoms in total. The number of hydrogen-bond acceptors (Lipinski definition) is 6. The number of nitrogens with one attached hydrogen (secondary N) is 1. The molecule has 1 fully saturated rings. The topological polar surface area (TPSA) is 111 Å². The van der Waals surface area contributed by atoms with E-state index in [-0.39, 0.29) is 29.5 Å². The highest BCUT2D eigenvalue weighted by atomic mass is 16.6. The van der Waals surface area contributed by atoms with Gasteiger partial charge in [0.1, 0.15) is 6.04 Å². The Morgan fingerprint density at radius 1 is 1.38 bits per heavy atom. The third-order valence-corrected chi connectivity index (χ3v) is 5.03. The third kappa shape index (κ3) is 3.74. The van der Waals surface area contributed by atoms with Crippen molar-refractivity contribution in [3.05, 3.63) is 40.3 Å². The minimum atomic E-state index is -0.458. The van der Waals surface area contributed by atoms with Crippen LogP contribution >= 0.6 is 0 Å². The van der Waals surface area contributed by atoms with Gasteiger partial charge in [-0.2, -0.15) is 4.98 Å². The zero-order valence-electron chi connectivity index (χ0n) is 14.8. The number of rotatable bonds is 7. The fraction of sp³-hybridized carbons (Fsp3) is 0.500. The van der Waals surface area contributed by atoms with Gasteiger partial charge < -0.3 is 9.84 Å². The number of nitrogens with zero attached hydrogens (tertiary/aromatic N) is 3. The normalized spacial score (nSPS) is 16.5. The molecule has 8 heteroatoms. The molecule has 138 valence electrons. The van der Waals surface area contributed by atoms with Crippen LogP contribution in [0.5, 0.6) is 0 Å². The molecule has 1 aliphatic carbocycles. The Labute approximate surface area is 151 Å². The van der Waals surface area contributed by atoms with Crippen LogP contribution < -0.4 is 5.32 Å². The lowest BCUT2D eigenvalue weighted by Crippen LogP contribution is -2.39. The van der Waals surface area contributed by atoms with Crippen molar-refractivity contribution in [1.82, 2.24) is 15.5 Å². The van der Waals surface area contributed by atoms with Crippen LogP contribution in [0.2, 0.25) is 0 Å². The predicted octanol–water partition coefficient (Wildman–Crippen LogP) is 3.65. The molecule has 1 aliphatic rings. The summed E-state index contributed by atoms with van der Waals surface area (Å²) in [5.74, 6) is 0.973. The number of non-ortho nitro benzene ring substituents is 1. The Kier molecular flexibility index (Phi) is 5.29. The highest BCUT2D eigenvalue weighted by Crippen LogP contribution is 2.30. The maximum atomic E-state index is 12.3. The fourth-order valence-electron chi connectivity index (χ4n) is 2.84. The van der Waals surface area contributed by atoms with Crippen molar-refractivity contribution in [3.63, 3.8) is 0 Å². The van der Waals surface area contributed by atoms with E-state index in [9.17, 15) is 14.9 Å². The van der Waals surface area contributed by atoms with Gasteiger partial charge in [-0.05, 0) is 30.9 Å². The first kappa shape index (κ1) is 18.0. The number of nitro benzene ring substituents is 1. The maximum absolute atomic E-state index is 12.3. The van der Waals surface area contributed by atoms with Gasteiger partial charge in [-0.25, -0.2) is 0 Å².